The lowest BCUT2D eigenvalue weighted by molar-refractivity contribution is -0.870. The maximum atomic E-state index is 11.9. The molecule has 0 aliphatic rings. The minimum Gasteiger partial charge on any atom is -0.381 e. The fourth-order valence-corrected chi connectivity index (χ4v) is 4.25. The number of unbranched alkanes of at least 4 members (excludes halogenated alkanes) is 13. The average molecular weight is 481 g/mol. The molecule has 0 aliphatic heterocycles. The van der Waals surface area contributed by atoms with Gasteiger partial charge in [0.25, 0.3) is 0 Å². The zero-order chi connectivity index (χ0) is 24.1. The lowest BCUT2D eigenvalue weighted by atomic mass is 10.0. The van der Waals surface area contributed by atoms with Gasteiger partial charge in [0.1, 0.15) is 13.2 Å². The van der Waals surface area contributed by atoms with Crippen LogP contribution in [-0.4, -0.2) is 63.5 Å². The summed E-state index contributed by atoms with van der Waals surface area (Å²) in [5, 5.41) is 0. The molecular formula is C25H55NO5P+. The van der Waals surface area contributed by atoms with E-state index in [0.717, 1.165) is 13.0 Å². The first-order chi connectivity index (χ1) is 15.2. The highest BCUT2D eigenvalue weighted by molar-refractivity contribution is 7.47. The predicted molar refractivity (Wildman–Crippen MR) is 135 cm³/mol. The minimum absolute atomic E-state index is 0.0594. The zero-order valence-electron chi connectivity index (χ0n) is 22.0. The fraction of sp³-hybridized carbons (Fsp3) is 1.00. The molecule has 0 radical (unpaired) electrons. The van der Waals surface area contributed by atoms with Crippen molar-refractivity contribution in [3.63, 3.8) is 0 Å². The maximum absolute atomic E-state index is 11.9. The van der Waals surface area contributed by atoms with Gasteiger partial charge in [-0.15, -0.1) is 0 Å². The summed E-state index contributed by atoms with van der Waals surface area (Å²) in [7, 11) is 2.04. The molecule has 194 valence electrons. The van der Waals surface area contributed by atoms with Crippen molar-refractivity contribution in [2.45, 2.75) is 104 Å². The first kappa shape index (κ1) is 32.0. The number of quaternary nitrogens is 1. The van der Waals surface area contributed by atoms with Crippen LogP contribution in [0.5, 0.6) is 0 Å². The van der Waals surface area contributed by atoms with Gasteiger partial charge < -0.3 is 14.1 Å². The molecule has 0 fully saturated rings. The number of hydrogen-bond acceptors (Lipinski definition) is 4. The lowest BCUT2D eigenvalue weighted by Crippen LogP contribution is -2.37. The average Bonchev–Trinajstić information content (AvgIpc) is 2.71. The van der Waals surface area contributed by atoms with E-state index < -0.39 is 7.82 Å². The molecule has 0 spiro atoms. The van der Waals surface area contributed by atoms with Crippen LogP contribution in [0.1, 0.15) is 104 Å². The number of hydrogen-bond donors (Lipinski definition) is 1. The van der Waals surface area contributed by atoms with E-state index in [0.29, 0.717) is 17.6 Å². The molecule has 0 saturated heterocycles. The molecule has 0 saturated carbocycles. The Hall–Kier alpha value is 0.0300. The molecule has 0 aliphatic carbocycles. The number of phosphoric acid groups is 1. The number of ether oxygens (including phenoxy) is 1. The van der Waals surface area contributed by atoms with E-state index >= 15 is 0 Å². The standard InChI is InChI=1S/C25H54NO5P/c1-6-7-8-9-10-11-12-13-14-15-16-17-18-19-21-29-23-25(2)24-31-32(27,28)30-22-20-26(3,4)5/h25H,6-24H2,1-5H3/p+1. The van der Waals surface area contributed by atoms with Crippen LogP contribution >= 0.6 is 7.82 Å². The monoisotopic (exact) mass is 480 g/mol. The summed E-state index contributed by atoms with van der Waals surface area (Å²) >= 11 is 0. The molecular weight excluding hydrogens is 425 g/mol. The molecule has 2 atom stereocenters. The van der Waals surface area contributed by atoms with Crippen molar-refractivity contribution in [3.8, 4) is 0 Å². The van der Waals surface area contributed by atoms with Gasteiger partial charge in [-0.2, -0.15) is 0 Å². The van der Waals surface area contributed by atoms with Gasteiger partial charge in [-0.25, -0.2) is 4.57 Å². The largest absolute Gasteiger partial charge is 0.472 e. The smallest absolute Gasteiger partial charge is 0.381 e. The molecule has 0 rings (SSSR count). The summed E-state index contributed by atoms with van der Waals surface area (Å²) in [5.41, 5.74) is 0. The van der Waals surface area contributed by atoms with Gasteiger partial charge >= 0.3 is 7.82 Å². The van der Waals surface area contributed by atoms with Gasteiger partial charge in [-0.05, 0) is 6.42 Å². The predicted octanol–water partition coefficient (Wildman–Crippen LogP) is 6.96. The third kappa shape index (κ3) is 24.7. The summed E-state index contributed by atoms with van der Waals surface area (Å²) in [6, 6.07) is 0. The Morgan fingerprint density at radius 3 is 1.66 bits per heavy atom. The maximum Gasteiger partial charge on any atom is 0.472 e. The van der Waals surface area contributed by atoms with Crippen LogP contribution in [0, 0.1) is 5.92 Å². The van der Waals surface area contributed by atoms with Crippen molar-refractivity contribution in [2.75, 3.05) is 54.1 Å². The Labute approximate surface area is 199 Å². The minimum atomic E-state index is -3.97. The third-order valence-corrected chi connectivity index (χ3v) is 6.57. The number of phosphoric ester groups is 1. The topological polar surface area (TPSA) is 65.0 Å². The SMILES string of the molecule is CCCCCCCCCCCCCCCCOCC(C)COP(=O)(O)OCC[N+](C)(C)C. The van der Waals surface area contributed by atoms with Crippen LogP contribution in [0.4, 0.5) is 0 Å². The Bertz CT molecular complexity index is 456. The molecule has 0 bridgehead atoms. The lowest BCUT2D eigenvalue weighted by Gasteiger charge is -2.24. The first-order valence-corrected chi connectivity index (χ1v) is 14.7. The highest BCUT2D eigenvalue weighted by atomic mass is 31.2. The van der Waals surface area contributed by atoms with Crippen LogP contribution in [0.3, 0.4) is 0 Å². The van der Waals surface area contributed by atoms with Crippen molar-refractivity contribution < 1.29 is 27.7 Å². The van der Waals surface area contributed by atoms with Gasteiger partial charge in [-0.1, -0.05) is 97.3 Å². The Morgan fingerprint density at radius 1 is 0.719 bits per heavy atom. The second kappa shape index (κ2) is 20.4. The number of likely N-dealkylation sites (N-methyl/N-ethyl adjacent to an activating group) is 1. The van der Waals surface area contributed by atoms with E-state index in [1.165, 1.54) is 83.5 Å². The molecule has 0 aromatic rings. The van der Waals surface area contributed by atoms with E-state index in [1.54, 1.807) is 0 Å². The highest BCUT2D eigenvalue weighted by Gasteiger charge is 2.23. The summed E-state index contributed by atoms with van der Waals surface area (Å²) in [4.78, 5) is 9.74. The summed E-state index contributed by atoms with van der Waals surface area (Å²) in [5.74, 6) is 0.0594. The van der Waals surface area contributed by atoms with Gasteiger partial charge in [0.05, 0.1) is 34.4 Å². The van der Waals surface area contributed by atoms with Crippen molar-refractivity contribution in [1.82, 2.24) is 0 Å². The Kier molecular flexibility index (Phi) is 20.4. The molecule has 2 unspecified atom stereocenters. The molecule has 0 heterocycles. The van der Waals surface area contributed by atoms with E-state index in [2.05, 4.69) is 6.92 Å². The van der Waals surface area contributed by atoms with Gasteiger partial charge in [0.15, 0.2) is 0 Å². The summed E-state index contributed by atoms with van der Waals surface area (Å²) in [6.45, 7) is 6.52. The fourth-order valence-electron chi connectivity index (χ4n) is 3.42. The Morgan fingerprint density at radius 2 is 1.19 bits per heavy atom. The molecule has 0 aromatic carbocycles. The number of rotatable bonds is 24. The molecule has 1 N–H and O–H groups in total. The molecule has 7 heteroatoms. The molecule has 0 amide bonds. The van der Waals surface area contributed by atoms with Crippen molar-refractivity contribution >= 4 is 7.82 Å². The highest BCUT2D eigenvalue weighted by Crippen LogP contribution is 2.43. The van der Waals surface area contributed by atoms with Gasteiger partial charge in [0, 0.05) is 12.5 Å². The summed E-state index contributed by atoms with van der Waals surface area (Å²) < 4.78 is 28.4. The van der Waals surface area contributed by atoms with E-state index in [-0.39, 0.29) is 19.1 Å². The molecule has 6 nitrogen and oxygen atoms in total. The van der Waals surface area contributed by atoms with Crippen LogP contribution in [-0.2, 0) is 18.3 Å². The van der Waals surface area contributed by atoms with Gasteiger partial charge in [0.2, 0.25) is 0 Å². The van der Waals surface area contributed by atoms with Crippen molar-refractivity contribution in [3.05, 3.63) is 0 Å². The van der Waals surface area contributed by atoms with Gasteiger partial charge in [-0.3, -0.25) is 9.05 Å². The van der Waals surface area contributed by atoms with Crippen LogP contribution in [0.25, 0.3) is 0 Å². The normalized spacial score (nSPS) is 15.1. The van der Waals surface area contributed by atoms with Crippen molar-refractivity contribution in [1.29, 1.82) is 0 Å². The van der Waals surface area contributed by atoms with E-state index in [9.17, 15) is 9.46 Å². The third-order valence-electron chi connectivity index (χ3n) is 5.58. The second-order valence-corrected chi connectivity index (χ2v) is 11.8. The quantitative estimate of drug-likeness (QED) is 0.0919. The van der Waals surface area contributed by atoms with E-state index in [1.807, 2.05) is 28.1 Å². The van der Waals surface area contributed by atoms with E-state index in [4.69, 9.17) is 13.8 Å². The van der Waals surface area contributed by atoms with Crippen molar-refractivity contribution in [2.24, 2.45) is 5.92 Å². The Balaban J connectivity index is 3.40. The molecule has 32 heavy (non-hydrogen) atoms. The zero-order valence-corrected chi connectivity index (χ0v) is 22.9. The number of nitrogens with zero attached hydrogens (tertiary/aromatic N) is 1. The molecule has 0 aromatic heterocycles. The first-order valence-electron chi connectivity index (χ1n) is 13.2. The van der Waals surface area contributed by atoms with Crippen LogP contribution < -0.4 is 0 Å². The summed E-state index contributed by atoms with van der Waals surface area (Å²) in [6.07, 6.45) is 18.9. The van der Waals surface area contributed by atoms with Crippen LogP contribution in [0.15, 0.2) is 0 Å². The van der Waals surface area contributed by atoms with Crippen LogP contribution in [0.2, 0.25) is 0 Å². The second-order valence-electron chi connectivity index (χ2n) is 10.4.